The van der Waals surface area contributed by atoms with Gasteiger partial charge in [0.25, 0.3) is 0 Å². The summed E-state index contributed by atoms with van der Waals surface area (Å²) in [6, 6.07) is 16.5. The second kappa shape index (κ2) is 9.44. The van der Waals surface area contributed by atoms with Crippen molar-refractivity contribution in [3.05, 3.63) is 87.3 Å². The predicted molar refractivity (Wildman–Crippen MR) is 137 cm³/mol. The fourth-order valence-electron chi connectivity index (χ4n) is 4.45. The van der Waals surface area contributed by atoms with Crippen LogP contribution >= 0.6 is 11.3 Å². The van der Waals surface area contributed by atoms with Crippen LogP contribution in [0.25, 0.3) is 16.1 Å². The molecule has 2 aromatic carbocycles. The number of carboxylic acid groups (broad SMARTS) is 1. The number of rotatable bonds is 5. The molecule has 9 nitrogen and oxygen atoms in total. The number of carboxylic acids is 1. The lowest BCUT2D eigenvalue weighted by Crippen LogP contribution is -2.12. The summed E-state index contributed by atoms with van der Waals surface area (Å²) in [7, 11) is 1.32. The van der Waals surface area contributed by atoms with E-state index in [0.717, 1.165) is 28.0 Å². The van der Waals surface area contributed by atoms with Crippen LogP contribution in [0, 0.1) is 25.2 Å². The van der Waals surface area contributed by atoms with Crippen LogP contribution in [-0.4, -0.2) is 44.6 Å². The van der Waals surface area contributed by atoms with Gasteiger partial charge in [0.2, 0.25) is 0 Å². The summed E-state index contributed by atoms with van der Waals surface area (Å²) in [5, 5.41) is 28.2. The number of methoxy groups -OCH3 is 1. The number of aromatic nitrogens is 3. The number of thiophene rings is 1. The standard InChI is InChI=1S/C27H21N5O4S/c1-14-22-23(18-9-7-17(8-10-18)19-6-4-5-16(11-19)13-28)29-20(12-21(33)36-3)25-31-30-15(2)32(25)26(22)37-24(14)27(34)35/h4-11,20H,12H2,1-3H3,(H,34,35)/t20-/m0/s1. The smallest absolute Gasteiger partial charge is 0.346 e. The van der Waals surface area contributed by atoms with Crippen molar-refractivity contribution in [3.63, 3.8) is 0 Å². The minimum Gasteiger partial charge on any atom is -0.477 e. The first kappa shape index (κ1) is 24.1. The molecular weight excluding hydrogens is 490 g/mol. The minimum atomic E-state index is -1.03. The van der Waals surface area contributed by atoms with Crippen molar-refractivity contribution < 1.29 is 19.4 Å². The molecule has 10 heteroatoms. The quantitative estimate of drug-likeness (QED) is 0.386. The molecule has 2 aromatic heterocycles. The van der Waals surface area contributed by atoms with E-state index in [2.05, 4.69) is 16.3 Å². The number of nitrogens with zero attached hydrogens (tertiary/aromatic N) is 5. The Morgan fingerprint density at radius 3 is 2.51 bits per heavy atom. The molecule has 0 spiro atoms. The summed E-state index contributed by atoms with van der Waals surface area (Å²) >= 11 is 1.13. The van der Waals surface area contributed by atoms with Gasteiger partial charge in [0.15, 0.2) is 5.82 Å². The van der Waals surface area contributed by atoms with E-state index in [0.29, 0.717) is 39.1 Å². The van der Waals surface area contributed by atoms with E-state index in [9.17, 15) is 20.0 Å². The van der Waals surface area contributed by atoms with Crippen LogP contribution in [0.4, 0.5) is 0 Å². The van der Waals surface area contributed by atoms with Crippen molar-refractivity contribution in [1.82, 2.24) is 14.8 Å². The molecule has 0 bridgehead atoms. The lowest BCUT2D eigenvalue weighted by Gasteiger charge is -2.12. The summed E-state index contributed by atoms with van der Waals surface area (Å²) in [5.74, 6) is -0.460. The zero-order valence-electron chi connectivity index (χ0n) is 20.2. The van der Waals surface area contributed by atoms with Gasteiger partial charge in [-0.1, -0.05) is 36.4 Å². The molecule has 0 saturated heterocycles. The molecular formula is C27H21N5O4S. The number of aryl methyl sites for hydroxylation is 1. The Morgan fingerprint density at radius 2 is 1.84 bits per heavy atom. The molecule has 1 aliphatic heterocycles. The van der Waals surface area contributed by atoms with E-state index in [1.54, 1.807) is 24.5 Å². The van der Waals surface area contributed by atoms with Crippen molar-refractivity contribution in [1.29, 1.82) is 5.26 Å². The van der Waals surface area contributed by atoms with Crippen molar-refractivity contribution >= 4 is 29.0 Å². The average Bonchev–Trinajstić information content (AvgIpc) is 3.41. The minimum absolute atomic E-state index is 0.0447. The third-order valence-corrected chi connectivity index (χ3v) is 7.53. The van der Waals surface area contributed by atoms with Crippen LogP contribution in [0.1, 0.15) is 56.0 Å². The van der Waals surface area contributed by atoms with Gasteiger partial charge in [0.05, 0.1) is 30.9 Å². The fourth-order valence-corrected chi connectivity index (χ4v) is 5.65. The first-order valence-corrected chi connectivity index (χ1v) is 12.2. The number of hydrogen-bond donors (Lipinski definition) is 1. The number of ether oxygens (including phenoxy) is 1. The maximum absolute atomic E-state index is 12.3. The summed E-state index contributed by atoms with van der Waals surface area (Å²) in [6.45, 7) is 3.54. The lowest BCUT2D eigenvalue weighted by atomic mass is 9.96. The van der Waals surface area contributed by atoms with Gasteiger partial charge in [0.1, 0.15) is 21.7 Å². The van der Waals surface area contributed by atoms with Gasteiger partial charge in [-0.3, -0.25) is 14.4 Å². The third-order valence-electron chi connectivity index (χ3n) is 6.27. The molecule has 4 aromatic rings. The van der Waals surface area contributed by atoms with E-state index >= 15 is 0 Å². The molecule has 0 unspecified atom stereocenters. The summed E-state index contributed by atoms with van der Waals surface area (Å²) in [5.41, 5.74) is 4.95. The summed E-state index contributed by atoms with van der Waals surface area (Å²) in [6.07, 6.45) is -0.0447. The Morgan fingerprint density at radius 1 is 1.11 bits per heavy atom. The van der Waals surface area contributed by atoms with Gasteiger partial charge < -0.3 is 9.84 Å². The average molecular weight is 512 g/mol. The Kier molecular flexibility index (Phi) is 6.15. The van der Waals surface area contributed by atoms with Crippen molar-refractivity contribution in [2.45, 2.75) is 26.3 Å². The van der Waals surface area contributed by atoms with Gasteiger partial charge in [-0.25, -0.2) is 4.79 Å². The highest BCUT2D eigenvalue weighted by atomic mass is 32.1. The van der Waals surface area contributed by atoms with E-state index in [-0.39, 0.29) is 11.3 Å². The maximum atomic E-state index is 12.3. The number of aromatic carboxylic acids is 1. The van der Waals surface area contributed by atoms with Gasteiger partial charge in [-0.15, -0.1) is 21.5 Å². The molecule has 1 atom stereocenters. The van der Waals surface area contributed by atoms with Crippen molar-refractivity contribution in [2.24, 2.45) is 4.99 Å². The Labute approximate surface area is 216 Å². The molecule has 5 rings (SSSR count). The number of nitriles is 1. The Bertz CT molecular complexity index is 1630. The predicted octanol–water partition coefficient (Wildman–Crippen LogP) is 4.64. The number of esters is 1. The Balaban J connectivity index is 1.70. The van der Waals surface area contributed by atoms with Crippen molar-refractivity contribution in [2.75, 3.05) is 7.11 Å². The lowest BCUT2D eigenvalue weighted by molar-refractivity contribution is -0.141. The van der Waals surface area contributed by atoms with E-state index < -0.39 is 18.0 Å². The van der Waals surface area contributed by atoms with Crippen LogP contribution in [0.15, 0.2) is 53.5 Å². The highest BCUT2D eigenvalue weighted by Gasteiger charge is 2.34. The van der Waals surface area contributed by atoms with Gasteiger partial charge >= 0.3 is 11.9 Å². The molecule has 1 N–H and O–H groups in total. The number of fused-ring (bicyclic) bond motifs is 3. The molecule has 0 radical (unpaired) electrons. The number of carbonyl (C=O) groups excluding carboxylic acids is 1. The number of benzene rings is 2. The second-order valence-corrected chi connectivity index (χ2v) is 9.53. The maximum Gasteiger partial charge on any atom is 0.346 e. The molecule has 37 heavy (non-hydrogen) atoms. The summed E-state index contributed by atoms with van der Waals surface area (Å²) < 4.78 is 6.69. The number of hydrogen-bond acceptors (Lipinski definition) is 8. The normalized spacial score (nSPS) is 14.1. The third kappa shape index (κ3) is 4.19. The number of carbonyl (C=O) groups is 2. The highest BCUT2D eigenvalue weighted by molar-refractivity contribution is 7.17. The second-order valence-electron chi connectivity index (χ2n) is 8.53. The highest BCUT2D eigenvalue weighted by Crippen LogP contribution is 2.40. The van der Waals surface area contributed by atoms with Crippen LogP contribution in [0.2, 0.25) is 0 Å². The zero-order valence-corrected chi connectivity index (χ0v) is 21.0. The van der Waals surface area contributed by atoms with Crippen molar-refractivity contribution in [3.8, 4) is 22.2 Å². The SMILES string of the molecule is COC(=O)C[C@@H]1N=C(c2ccc(-c3cccc(C#N)c3)cc2)c2c(sc(C(=O)O)c2C)-n2c(C)nnc21. The van der Waals surface area contributed by atoms with Crippen LogP contribution in [0.5, 0.6) is 0 Å². The topological polar surface area (TPSA) is 130 Å². The molecule has 0 fully saturated rings. The molecule has 3 heterocycles. The first-order chi connectivity index (χ1) is 17.8. The van der Waals surface area contributed by atoms with E-state index in [1.165, 1.54) is 7.11 Å². The van der Waals surface area contributed by atoms with E-state index in [4.69, 9.17) is 9.73 Å². The van der Waals surface area contributed by atoms with Crippen LogP contribution in [-0.2, 0) is 9.53 Å². The zero-order chi connectivity index (χ0) is 26.3. The largest absolute Gasteiger partial charge is 0.477 e. The van der Waals surface area contributed by atoms with Gasteiger partial charge in [-0.2, -0.15) is 5.26 Å². The van der Waals surface area contributed by atoms with E-state index in [1.807, 2.05) is 42.5 Å². The number of aliphatic imine (C=N–C) groups is 1. The summed E-state index contributed by atoms with van der Waals surface area (Å²) in [4.78, 5) is 29.5. The molecule has 0 saturated carbocycles. The van der Waals surface area contributed by atoms with Gasteiger partial charge in [0, 0.05) is 11.1 Å². The fraction of sp³-hybridized carbons (Fsp3) is 0.185. The molecule has 0 amide bonds. The van der Waals surface area contributed by atoms with Crippen LogP contribution < -0.4 is 0 Å². The van der Waals surface area contributed by atoms with Gasteiger partial charge in [-0.05, 0) is 42.7 Å². The Hall–Kier alpha value is -4.62. The monoisotopic (exact) mass is 511 g/mol. The molecule has 0 aliphatic carbocycles. The molecule has 1 aliphatic rings. The molecule has 184 valence electrons. The first-order valence-electron chi connectivity index (χ1n) is 11.4. The van der Waals surface area contributed by atoms with Crippen LogP contribution in [0.3, 0.4) is 0 Å².